The van der Waals surface area contributed by atoms with E-state index < -0.39 is 0 Å². The Morgan fingerprint density at radius 3 is 2.44 bits per heavy atom. The zero-order valence-electron chi connectivity index (χ0n) is 6.22. The average molecular weight is 122 g/mol. The molecule has 50 valence electrons. The van der Waals surface area contributed by atoms with Gasteiger partial charge in [0.05, 0.1) is 0 Å². The summed E-state index contributed by atoms with van der Waals surface area (Å²) in [7, 11) is 0. The SMILES string of the molecule is CC1(C)C2CC=C[C@H]1C2. The fourth-order valence-corrected chi connectivity index (χ4v) is 2.19. The Hall–Kier alpha value is -0.260. The summed E-state index contributed by atoms with van der Waals surface area (Å²) in [5, 5.41) is 0. The van der Waals surface area contributed by atoms with Gasteiger partial charge in [0.25, 0.3) is 0 Å². The summed E-state index contributed by atoms with van der Waals surface area (Å²) in [5.41, 5.74) is 0.648. The molecule has 0 saturated heterocycles. The van der Waals surface area contributed by atoms with E-state index in [0.29, 0.717) is 5.41 Å². The molecule has 2 atom stereocenters. The number of rotatable bonds is 0. The molecule has 3 aliphatic rings. The Kier molecular flexibility index (Phi) is 0.870. The van der Waals surface area contributed by atoms with Crippen LogP contribution in [-0.4, -0.2) is 0 Å². The molecule has 0 amide bonds. The van der Waals surface area contributed by atoms with Crippen LogP contribution in [0.3, 0.4) is 0 Å². The third-order valence-electron chi connectivity index (χ3n) is 3.34. The minimum absolute atomic E-state index is 0.648. The van der Waals surface area contributed by atoms with E-state index in [1.807, 2.05) is 0 Å². The molecule has 2 bridgehead atoms. The first-order valence-electron chi connectivity index (χ1n) is 3.88. The first kappa shape index (κ1) is 5.52. The van der Waals surface area contributed by atoms with Crippen LogP contribution in [0, 0.1) is 17.3 Å². The summed E-state index contributed by atoms with van der Waals surface area (Å²) >= 11 is 0. The standard InChI is InChI=1S/C9H14/c1-9(2)7-4-3-5-8(9)6-7/h3-4,7-8H,5-6H2,1-2H3/t7-,8?/m0/s1. The van der Waals surface area contributed by atoms with Gasteiger partial charge in [0, 0.05) is 0 Å². The average Bonchev–Trinajstić information content (AvgIpc) is 1.89. The molecule has 3 aliphatic carbocycles. The van der Waals surface area contributed by atoms with Gasteiger partial charge >= 0.3 is 0 Å². The lowest BCUT2D eigenvalue weighted by Crippen LogP contribution is -2.45. The molecule has 3 rings (SSSR count). The van der Waals surface area contributed by atoms with Crippen molar-refractivity contribution in [2.45, 2.75) is 26.7 Å². The van der Waals surface area contributed by atoms with Crippen LogP contribution in [0.5, 0.6) is 0 Å². The van der Waals surface area contributed by atoms with E-state index in [2.05, 4.69) is 26.0 Å². The Balaban J connectivity index is 2.27. The van der Waals surface area contributed by atoms with Crippen LogP contribution < -0.4 is 0 Å². The first-order valence-corrected chi connectivity index (χ1v) is 3.88. The fraction of sp³-hybridized carbons (Fsp3) is 0.778. The van der Waals surface area contributed by atoms with Crippen molar-refractivity contribution in [3.63, 3.8) is 0 Å². The van der Waals surface area contributed by atoms with E-state index in [1.165, 1.54) is 12.8 Å². The molecule has 0 N–H and O–H groups in total. The second-order valence-corrected chi connectivity index (χ2v) is 4.02. The van der Waals surface area contributed by atoms with Gasteiger partial charge in [0.1, 0.15) is 0 Å². The summed E-state index contributed by atoms with van der Waals surface area (Å²) in [6.07, 6.45) is 7.55. The van der Waals surface area contributed by atoms with Gasteiger partial charge in [-0.3, -0.25) is 0 Å². The number of allylic oxidation sites excluding steroid dienone is 2. The lowest BCUT2D eigenvalue weighted by molar-refractivity contribution is 0.00320. The molecule has 0 aliphatic heterocycles. The fourth-order valence-electron chi connectivity index (χ4n) is 2.19. The molecule has 0 aromatic heterocycles. The third-order valence-corrected chi connectivity index (χ3v) is 3.34. The molecule has 0 radical (unpaired) electrons. The summed E-state index contributed by atoms with van der Waals surface area (Å²) < 4.78 is 0. The second-order valence-electron chi connectivity index (χ2n) is 4.02. The van der Waals surface area contributed by atoms with E-state index in [9.17, 15) is 0 Å². The molecule has 0 aromatic rings. The van der Waals surface area contributed by atoms with Crippen LogP contribution in [0.15, 0.2) is 12.2 Å². The van der Waals surface area contributed by atoms with Gasteiger partial charge in [-0.2, -0.15) is 0 Å². The lowest BCUT2D eigenvalue weighted by Gasteiger charge is -2.53. The number of fused-ring (bicyclic) bond motifs is 1. The van der Waals surface area contributed by atoms with Crippen molar-refractivity contribution < 1.29 is 0 Å². The first-order chi connectivity index (χ1) is 4.21. The molecule has 0 spiro atoms. The summed E-state index contributed by atoms with van der Waals surface area (Å²) in [6, 6.07) is 0. The van der Waals surface area contributed by atoms with Crippen molar-refractivity contribution in [3.8, 4) is 0 Å². The van der Waals surface area contributed by atoms with Crippen LogP contribution in [-0.2, 0) is 0 Å². The molecule has 1 unspecified atom stereocenters. The zero-order valence-corrected chi connectivity index (χ0v) is 6.22. The predicted molar refractivity (Wildman–Crippen MR) is 39.1 cm³/mol. The monoisotopic (exact) mass is 122 g/mol. The quantitative estimate of drug-likeness (QED) is 0.433. The largest absolute Gasteiger partial charge is 0.0879 e. The highest BCUT2D eigenvalue weighted by Gasteiger charge is 2.47. The molecule has 9 heavy (non-hydrogen) atoms. The van der Waals surface area contributed by atoms with Gasteiger partial charge in [0.15, 0.2) is 0 Å². The third kappa shape index (κ3) is 0.540. The lowest BCUT2D eigenvalue weighted by atomic mass is 9.51. The molecule has 0 aromatic carbocycles. The minimum Gasteiger partial charge on any atom is -0.0879 e. The van der Waals surface area contributed by atoms with Crippen LogP contribution >= 0.6 is 0 Å². The van der Waals surface area contributed by atoms with Gasteiger partial charge in [-0.15, -0.1) is 0 Å². The van der Waals surface area contributed by atoms with Crippen LogP contribution in [0.2, 0.25) is 0 Å². The maximum atomic E-state index is 2.40. The second kappa shape index (κ2) is 1.42. The van der Waals surface area contributed by atoms with Crippen molar-refractivity contribution in [3.05, 3.63) is 12.2 Å². The Morgan fingerprint density at radius 1 is 1.44 bits per heavy atom. The molecule has 1 saturated carbocycles. The van der Waals surface area contributed by atoms with E-state index in [0.717, 1.165) is 11.8 Å². The Bertz CT molecular complexity index is 153. The van der Waals surface area contributed by atoms with Crippen molar-refractivity contribution in [2.24, 2.45) is 17.3 Å². The smallest absolute Gasteiger partial charge is 0.0176 e. The van der Waals surface area contributed by atoms with Crippen LogP contribution in [0.1, 0.15) is 26.7 Å². The molecular weight excluding hydrogens is 108 g/mol. The number of hydrogen-bond acceptors (Lipinski definition) is 0. The summed E-state index contributed by atoms with van der Waals surface area (Å²) in [5.74, 6) is 1.92. The van der Waals surface area contributed by atoms with Gasteiger partial charge in [-0.1, -0.05) is 26.0 Å². The highest BCUT2D eigenvalue weighted by molar-refractivity contribution is 5.12. The van der Waals surface area contributed by atoms with E-state index >= 15 is 0 Å². The Labute approximate surface area is 57.0 Å². The normalized spacial score (nSPS) is 44.2. The summed E-state index contributed by atoms with van der Waals surface area (Å²) in [6.45, 7) is 4.80. The van der Waals surface area contributed by atoms with Gasteiger partial charge in [-0.25, -0.2) is 0 Å². The molecule has 1 fully saturated rings. The maximum absolute atomic E-state index is 2.40. The van der Waals surface area contributed by atoms with E-state index in [-0.39, 0.29) is 0 Å². The Morgan fingerprint density at radius 2 is 2.22 bits per heavy atom. The van der Waals surface area contributed by atoms with Gasteiger partial charge in [-0.05, 0) is 30.1 Å². The van der Waals surface area contributed by atoms with Crippen molar-refractivity contribution in [1.29, 1.82) is 0 Å². The predicted octanol–water partition coefficient (Wildman–Crippen LogP) is 2.61. The van der Waals surface area contributed by atoms with E-state index in [1.54, 1.807) is 0 Å². The summed E-state index contributed by atoms with van der Waals surface area (Å²) in [4.78, 5) is 0. The highest BCUT2D eigenvalue weighted by atomic mass is 14.5. The van der Waals surface area contributed by atoms with E-state index in [4.69, 9.17) is 0 Å². The van der Waals surface area contributed by atoms with Crippen molar-refractivity contribution >= 4 is 0 Å². The molecule has 0 heteroatoms. The molecule has 0 nitrogen and oxygen atoms in total. The number of hydrogen-bond donors (Lipinski definition) is 0. The zero-order chi connectivity index (χ0) is 6.48. The topological polar surface area (TPSA) is 0 Å². The maximum Gasteiger partial charge on any atom is -0.0176 e. The molecular formula is C9H14. The molecule has 0 heterocycles. The highest BCUT2D eigenvalue weighted by Crippen LogP contribution is 2.56. The van der Waals surface area contributed by atoms with Gasteiger partial charge in [0.2, 0.25) is 0 Å². The minimum atomic E-state index is 0.648. The van der Waals surface area contributed by atoms with Crippen molar-refractivity contribution in [2.75, 3.05) is 0 Å². The van der Waals surface area contributed by atoms with Crippen molar-refractivity contribution in [1.82, 2.24) is 0 Å². The van der Waals surface area contributed by atoms with Crippen LogP contribution in [0.4, 0.5) is 0 Å². The van der Waals surface area contributed by atoms with Gasteiger partial charge < -0.3 is 0 Å². The van der Waals surface area contributed by atoms with Crippen LogP contribution in [0.25, 0.3) is 0 Å².